The van der Waals surface area contributed by atoms with Crippen LogP contribution in [0.2, 0.25) is 5.02 Å². The molecule has 1 atom stereocenters. The number of aliphatic carboxylic acids is 1. The lowest BCUT2D eigenvalue weighted by molar-refractivity contribution is -0.145. The molecule has 0 spiro atoms. The smallest absolute Gasteiger partial charge is 0.326 e. The molecule has 2 aromatic rings. The van der Waals surface area contributed by atoms with Gasteiger partial charge in [0.25, 0.3) is 5.91 Å². The van der Waals surface area contributed by atoms with Gasteiger partial charge in [-0.15, -0.1) is 0 Å². The number of carbonyl (C=O) groups is 2. The van der Waals surface area contributed by atoms with Crippen molar-refractivity contribution in [2.24, 2.45) is 0 Å². The van der Waals surface area contributed by atoms with Crippen LogP contribution < -0.4 is 0 Å². The molecular formula is C20H18ClNO4S3. The number of nitrogens with zero attached hydrogens (tertiary/aromatic N) is 1. The number of amides is 1. The van der Waals surface area contributed by atoms with Crippen molar-refractivity contribution in [2.45, 2.75) is 19.4 Å². The van der Waals surface area contributed by atoms with Crippen LogP contribution in [0.25, 0.3) is 17.4 Å². The van der Waals surface area contributed by atoms with Crippen molar-refractivity contribution in [3.05, 3.63) is 51.6 Å². The van der Waals surface area contributed by atoms with Gasteiger partial charge in [0.2, 0.25) is 0 Å². The molecule has 1 amide bonds. The molecule has 152 valence electrons. The van der Waals surface area contributed by atoms with Gasteiger partial charge in [-0.3, -0.25) is 9.69 Å². The van der Waals surface area contributed by atoms with E-state index >= 15 is 0 Å². The maximum absolute atomic E-state index is 12.8. The first-order valence-corrected chi connectivity index (χ1v) is 11.7. The molecule has 29 heavy (non-hydrogen) atoms. The number of carboxylic acid groups (broad SMARTS) is 1. The maximum Gasteiger partial charge on any atom is 0.326 e. The van der Waals surface area contributed by atoms with Crippen LogP contribution in [-0.2, 0) is 9.59 Å². The summed E-state index contributed by atoms with van der Waals surface area (Å²) in [6.45, 7) is 1.92. The minimum atomic E-state index is -1.06. The number of halogens is 1. The number of aryl methyl sites for hydroxylation is 1. The molecule has 1 aromatic carbocycles. The Balaban J connectivity index is 1.83. The molecule has 1 aliphatic rings. The molecular weight excluding hydrogens is 450 g/mol. The highest BCUT2D eigenvalue weighted by Gasteiger charge is 2.40. The molecule has 0 aliphatic carbocycles. The lowest BCUT2D eigenvalue weighted by Crippen LogP contribution is -2.44. The van der Waals surface area contributed by atoms with Crippen molar-refractivity contribution < 1.29 is 19.1 Å². The quantitative estimate of drug-likeness (QED) is 0.436. The van der Waals surface area contributed by atoms with Crippen LogP contribution in [0.15, 0.2) is 39.7 Å². The van der Waals surface area contributed by atoms with Gasteiger partial charge in [0.15, 0.2) is 0 Å². The maximum atomic E-state index is 12.8. The third-order valence-corrected chi connectivity index (χ3v) is 6.75. The Labute approximate surface area is 187 Å². The predicted octanol–water partition coefficient (Wildman–Crippen LogP) is 5.32. The molecule has 1 unspecified atom stereocenters. The second-order valence-corrected chi connectivity index (χ2v) is 9.42. The van der Waals surface area contributed by atoms with E-state index in [1.807, 2.05) is 31.4 Å². The molecule has 3 rings (SSSR count). The van der Waals surface area contributed by atoms with Crippen LogP contribution in [0, 0.1) is 6.92 Å². The van der Waals surface area contributed by atoms with Crippen LogP contribution in [0.5, 0.6) is 0 Å². The van der Waals surface area contributed by atoms with E-state index in [9.17, 15) is 14.7 Å². The van der Waals surface area contributed by atoms with E-state index in [0.29, 0.717) is 33.6 Å². The Morgan fingerprint density at radius 2 is 2.17 bits per heavy atom. The summed E-state index contributed by atoms with van der Waals surface area (Å²) >= 11 is 14.1. The highest BCUT2D eigenvalue weighted by atomic mass is 35.5. The fourth-order valence-corrected chi connectivity index (χ4v) is 4.78. The molecule has 1 aromatic heterocycles. The second kappa shape index (κ2) is 9.38. The number of rotatable bonds is 7. The minimum absolute atomic E-state index is 0.242. The molecule has 0 radical (unpaired) electrons. The molecule has 2 heterocycles. The largest absolute Gasteiger partial charge is 0.480 e. The van der Waals surface area contributed by atoms with Gasteiger partial charge in [0, 0.05) is 16.7 Å². The average molecular weight is 468 g/mol. The fraction of sp³-hybridized carbons (Fsp3) is 0.250. The standard InChI is InChI=1S/C20H18ClNO4S3/c1-11-3-4-12(9-14(11)21)16-6-5-13(26-16)10-17-18(23)22(20(27)29-17)15(19(24)25)7-8-28-2/h3-6,9-10,15H,7-8H2,1-2H3,(H,24,25)/b17-10-. The Bertz CT molecular complexity index is 1000. The molecule has 1 fully saturated rings. The van der Waals surface area contributed by atoms with Crippen LogP contribution in [0.4, 0.5) is 0 Å². The zero-order valence-corrected chi connectivity index (χ0v) is 18.9. The Morgan fingerprint density at radius 1 is 1.41 bits per heavy atom. The van der Waals surface area contributed by atoms with Crippen molar-refractivity contribution in [1.29, 1.82) is 0 Å². The molecule has 0 saturated carbocycles. The Hall–Kier alpha value is -1.74. The van der Waals surface area contributed by atoms with Gasteiger partial charge in [0.1, 0.15) is 21.9 Å². The summed E-state index contributed by atoms with van der Waals surface area (Å²) in [4.78, 5) is 26.0. The van der Waals surface area contributed by atoms with Crippen molar-refractivity contribution in [3.8, 4) is 11.3 Å². The summed E-state index contributed by atoms with van der Waals surface area (Å²) in [7, 11) is 0. The van der Waals surface area contributed by atoms with Crippen molar-refractivity contribution >= 4 is 69.6 Å². The van der Waals surface area contributed by atoms with Gasteiger partial charge >= 0.3 is 5.97 Å². The molecule has 0 bridgehead atoms. The Kier molecular flexibility index (Phi) is 7.10. The number of thiocarbonyl (C=S) groups is 1. The van der Waals surface area contributed by atoms with Gasteiger partial charge in [-0.25, -0.2) is 4.79 Å². The molecule has 1 N–H and O–H groups in total. The number of hydrogen-bond acceptors (Lipinski definition) is 6. The first-order chi connectivity index (χ1) is 13.8. The van der Waals surface area contributed by atoms with Gasteiger partial charge < -0.3 is 9.52 Å². The lowest BCUT2D eigenvalue weighted by Gasteiger charge is -2.22. The zero-order chi connectivity index (χ0) is 21.1. The molecule has 1 aliphatic heterocycles. The highest BCUT2D eigenvalue weighted by molar-refractivity contribution is 8.26. The van der Waals surface area contributed by atoms with Crippen LogP contribution in [0.3, 0.4) is 0 Å². The number of furan rings is 1. The fourth-order valence-electron chi connectivity index (χ4n) is 2.80. The first-order valence-electron chi connectivity index (χ1n) is 8.67. The third kappa shape index (κ3) is 4.88. The SMILES string of the molecule is CSCCC(C(=O)O)N1C(=O)/C(=C/c2ccc(-c3ccc(C)c(Cl)c3)o2)SC1=S. The number of benzene rings is 1. The van der Waals surface area contributed by atoms with E-state index in [0.717, 1.165) is 22.9 Å². The normalized spacial score (nSPS) is 16.7. The summed E-state index contributed by atoms with van der Waals surface area (Å²) in [5, 5.41) is 10.2. The summed E-state index contributed by atoms with van der Waals surface area (Å²) in [6.07, 6.45) is 3.81. The van der Waals surface area contributed by atoms with Crippen molar-refractivity contribution in [1.82, 2.24) is 4.90 Å². The van der Waals surface area contributed by atoms with Gasteiger partial charge in [-0.1, -0.05) is 47.7 Å². The summed E-state index contributed by atoms with van der Waals surface area (Å²) in [6, 6.07) is 8.22. The van der Waals surface area contributed by atoms with E-state index in [1.54, 1.807) is 18.2 Å². The second-order valence-electron chi connectivity index (χ2n) is 6.35. The number of carbonyl (C=O) groups excluding carboxylic acids is 1. The van der Waals surface area contributed by atoms with E-state index in [1.165, 1.54) is 16.7 Å². The molecule has 5 nitrogen and oxygen atoms in total. The molecule has 1 saturated heterocycles. The average Bonchev–Trinajstić information content (AvgIpc) is 3.24. The monoisotopic (exact) mass is 467 g/mol. The minimum Gasteiger partial charge on any atom is -0.480 e. The summed E-state index contributed by atoms with van der Waals surface area (Å²) in [5.41, 5.74) is 1.80. The van der Waals surface area contributed by atoms with Gasteiger partial charge in [0.05, 0.1) is 4.91 Å². The van der Waals surface area contributed by atoms with Crippen molar-refractivity contribution in [2.75, 3.05) is 12.0 Å². The van der Waals surface area contributed by atoms with Crippen LogP contribution in [-0.4, -0.2) is 44.3 Å². The van der Waals surface area contributed by atoms with E-state index in [4.69, 9.17) is 28.2 Å². The first kappa shape index (κ1) is 22.0. The van der Waals surface area contributed by atoms with E-state index in [2.05, 4.69) is 0 Å². The van der Waals surface area contributed by atoms with Crippen molar-refractivity contribution in [3.63, 3.8) is 0 Å². The van der Waals surface area contributed by atoms with Crippen LogP contribution >= 0.6 is 47.3 Å². The van der Waals surface area contributed by atoms with Gasteiger partial charge in [-0.2, -0.15) is 11.8 Å². The highest BCUT2D eigenvalue weighted by Crippen LogP contribution is 2.36. The predicted molar refractivity (Wildman–Crippen MR) is 123 cm³/mol. The van der Waals surface area contributed by atoms with Crippen LogP contribution in [0.1, 0.15) is 17.7 Å². The van der Waals surface area contributed by atoms with E-state index in [-0.39, 0.29) is 4.32 Å². The topological polar surface area (TPSA) is 70.8 Å². The molecule has 9 heteroatoms. The Morgan fingerprint density at radius 3 is 2.83 bits per heavy atom. The van der Waals surface area contributed by atoms with Gasteiger partial charge in [-0.05, 0) is 49.1 Å². The van der Waals surface area contributed by atoms with E-state index < -0.39 is 17.9 Å². The summed E-state index contributed by atoms with van der Waals surface area (Å²) < 4.78 is 6.08. The lowest BCUT2D eigenvalue weighted by atomic mass is 10.1. The summed E-state index contributed by atoms with van der Waals surface area (Å²) in [5.74, 6) is 0.247. The zero-order valence-electron chi connectivity index (χ0n) is 15.7. The number of thioether (sulfide) groups is 2. The number of carboxylic acids is 1. The number of hydrogen-bond donors (Lipinski definition) is 1. The third-order valence-electron chi connectivity index (χ3n) is 4.37.